The molecule has 0 amide bonds. The van der Waals surface area contributed by atoms with Gasteiger partial charge in [0, 0.05) is 5.56 Å². The van der Waals surface area contributed by atoms with Crippen LogP contribution in [-0.2, 0) is 0 Å². The number of rotatable bonds is 4. The molecule has 3 nitrogen and oxygen atoms in total. The molecule has 2 rings (SSSR count). The molecule has 0 saturated heterocycles. The molecule has 1 aromatic carbocycles. The van der Waals surface area contributed by atoms with E-state index < -0.39 is 0 Å². The summed E-state index contributed by atoms with van der Waals surface area (Å²) < 4.78 is 16.3. The number of alkyl halides is 1. The summed E-state index contributed by atoms with van der Waals surface area (Å²) in [4.78, 5) is 0. The van der Waals surface area contributed by atoms with E-state index in [9.17, 15) is 0 Å². The van der Waals surface area contributed by atoms with Crippen LogP contribution >= 0.6 is 27.5 Å². The van der Waals surface area contributed by atoms with Crippen LogP contribution in [0.2, 0.25) is 0 Å². The van der Waals surface area contributed by atoms with E-state index in [-0.39, 0.29) is 5.38 Å². The highest BCUT2D eigenvalue weighted by Crippen LogP contribution is 2.38. The number of methoxy groups -OCH3 is 2. The number of ether oxygens (including phenoxy) is 2. The summed E-state index contributed by atoms with van der Waals surface area (Å²) >= 11 is 9.74. The van der Waals surface area contributed by atoms with Crippen molar-refractivity contribution in [1.82, 2.24) is 0 Å². The topological polar surface area (TPSA) is 31.6 Å². The molecule has 2 aromatic rings. The average Bonchev–Trinajstić information content (AvgIpc) is 2.83. The number of halogens is 2. The van der Waals surface area contributed by atoms with Gasteiger partial charge in [-0.2, -0.15) is 0 Å². The summed E-state index contributed by atoms with van der Waals surface area (Å²) in [5, 5.41) is -0.307. The predicted octanol–water partition coefficient (Wildman–Crippen LogP) is 4.39. The first-order chi connectivity index (χ1) is 8.67. The van der Waals surface area contributed by atoms with Crippen molar-refractivity contribution >= 4 is 27.5 Å². The highest BCUT2D eigenvalue weighted by Gasteiger charge is 2.18. The van der Waals surface area contributed by atoms with Crippen molar-refractivity contribution in [3.8, 4) is 11.5 Å². The molecule has 0 aliphatic carbocycles. The lowest BCUT2D eigenvalue weighted by atomic mass is 10.1. The Kier molecular flexibility index (Phi) is 4.19. The first-order valence-corrected chi connectivity index (χ1v) is 6.49. The van der Waals surface area contributed by atoms with Crippen LogP contribution < -0.4 is 9.47 Å². The van der Waals surface area contributed by atoms with E-state index in [0.29, 0.717) is 16.2 Å². The molecule has 0 aliphatic heterocycles. The van der Waals surface area contributed by atoms with Gasteiger partial charge in [0.05, 0.1) is 25.9 Å². The van der Waals surface area contributed by atoms with Crippen molar-refractivity contribution in [3.05, 3.63) is 46.3 Å². The first-order valence-electron chi connectivity index (χ1n) is 5.26. The largest absolute Gasteiger partial charge is 0.493 e. The Morgan fingerprint density at radius 2 is 1.89 bits per heavy atom. The second-order valence-electron chi connectivity index (χ2n) is 3.63. The molecule has 1 aromatic heterocycles. The van der Waals surface area contributed by atoms with Gasteiger partial charge in [-0.05, 0) is 39.7 Å². The monoisotopic (exact) mass is 330 g/mol. The van der Waals surface area contributed by atoms with Gasteiger partial charge in [-0.1, -0.05) is 6.07 Å². The number of furan rings is 1. The van der Waals surface area contributed by atoms with Gasteiger partial charge in [0.15, 0.2) is 16.2 Å². The summed E-state index contributed by atoms with van der Waals surface area (Å²) in [6, 6.07) is 7.42. The molecule has 1 atom stereocenters. The smallest absolute Gasteiger partial charge is 0.173 e. The van der Waals surface area contributed by atoms with E-state index >= 15 is 0 Å². The minimum absolute atomic E-state index is 0.307. The van der Waals surface area contributed by atoms with Crippen LogP contribution in [0, 0.1) is 0 Å². The van der Waals surface area contributed by atoms with E-state index in [2.05, 4.69) is 15.9 Å². The van der Waals surface area contributed by atoms with Crippen molar-refractivity contribution in [2.24, 2.45) is 0 Å². The second-order valence-corrected chi connectivity index (χ2v) is 4.78. The van der Waals surface area contributed by atoms with Crippen molar-refractivity contribution in [1.29, 1.82) is 0 Å². The van der Waals surface area contributed by atoms with Crippen LogP contribution in [0.15, 0.2) is 39.6 Å². The maximum atomic E-state index is 6.42. The van der Waals surface area contributed by atoms with E-state index in [1.54, 1.807) is 20.5 Å². The Balaban J connectivity index is 2.37. The normalized spacial score (nSPS) is 12.2. The minimum Gasteiger partial charge on any atom is -0.493 e. The maximum absolute atomic E-state index is 6.42. The van der Waals surface area contributed by atoms with Gasteiger partial charge in [0.1, 0.15) is 0 Å². The highest BCUT2D eigenvalue weighted by atomic mass is 79.9. The zero-order valence-electron chi connectivity index (χ0n) is 9.94. The van der Waals surface area contributed by atoms with E-state index in [1.807, 2.05) is 24.3 Å². The maximum Gasteiger partial charge on any atom is 0.173 e. The number of hydrogen-bond donors (Lipinski definition) is 0. The molecule has 0 fully saturated rings. The zero-order chi connectivity index (χ0) is 13.1. The lowest BCUT2D eigenvalue weighted by molar-refractivity contribution is 0.354. The predicted molar refractivity (Wildman–Crippen MR) is 73.7 cm³/mol. The molecule has 0 radical (unpaired) electrons. The van der Waals surface area contributed by atoms with E-state index in [1.165, 1.54) is 0 Å². The quantitative estimate of drug-likeness (QED) is 0.779. The first kappa shape index (κ1) is 13.3. The summed E-state index contributed by atoms with van der Waals surface area (Å²) in [7, 11) is 3.20. The number of hydrogen-bond acceptors (Lipinski definition) is 3. The fraction of sp³-hybridized carbons (Fsp3) is 0.231. The van der Waals surface area contributed by atoms with Gasteiger partial charge < -0.3 is 13.9 Å². The zero-order valence-corrected chi connectivity index (χ0v) is 12.3. The summed E-state index contributed by atoms with van der Waals surface area (Å²) in [6.07, 6.45) is 1.59. The second kappa shape index (κ2) is 5.67. The van der Waals surface area contributed by atoms with E-state index in [0.717, 1.165) is 11.1 Å². The Hall–Kier alpha value is -1.13. The molecule has 0 spiro atoms. The lowest BCUT2D eigenvalue weighted by Gasteiger charge is -2.12. The van der Waals surface area contributed by atoms with Crippen molar-refractivity contribution in [2.75, 3.05) is 14.2 Å². The summed E-state index contributed by atoms with van der Waals surface area (Å²) in [6.45, 7) is 0. The fourth-order valence-electron chi connectivity index (χ4n) is 1.67. The van der Waals surface area contributed by atoms with Crippen LogP contribution in [0.4, 0.5) is 0 Å². The molecule has 96 valence electrons. The van der Waals surface area contributed by atoms with Crippen molar-refractivity contribution in [2.45, 2.75) is 5.38 Å². The van der Waals surface area contributed by atoms with Crippen LogP contribution in [0.25, 0.3) is 0 Å². The lowest BCUT2D eigenvalue weighted by Crippen LogP contribution is -1.96. The average molecular weight is 332 g/mol. The Morgan fingerprint density at radius 1 is 1.17 bits per heavy atom. The van der Waals surface area contributed by atoms with Crippen molar-refractivity contribution in [3.63, 3.8) is 0 Å². The SMILES string of the molecule is COc1ccc(C(Cl)c2ccoc2Br)cc1OC. The molecule has 0 bridgehead atoms. The summed E-state index contributed by atoms with van der Waals surface area (Å²) in [5.41, 5.74) is 1.79. The van der Waals surface area contributed by atoms with E-state index in [4.69, 9.17) is 25.5 Å². The molecule has 5 heteroatoms. The molecular formula is C13H12BrClO3. The summed E-state index contributed by atoms with van der Waals surface area (Å²) in [5.74, 6) is 1.33. The third-order valence-electron chi connectivity index (χ3n) is 2.62. The van der Waals surface area contributed by atoms with Gasteiger partial charge in [0.2, 0.25) is 0 Å². The Bertz CT molecular complexity index is 539. The third kappa shape index (κ3) is 2.49. The molecule has 18 heavy (non-hydrogen) atoms. The Morgan fingerprint density at radius 3 is 2.44 bits per heavy atom. The van der Waals surface area contributed by atoms with Gasteiger partial charge >= 0.3 is 0 Å². The highest BCUT2D eigenvalue weighted by molar-refractivity contribution is 9.10. The minimum atomic E-state index is -0.307. The van der Waals surface area contributed by atoms with Crippen LogP contribution in [-0.4, -0.2) is 14.2 Å². The molecule has 1 heterocycles. The van der Waals surface area contributed by atoms with Crippen LogP contribution in [0.1, 0.15) is 16.5 Å². The van der Waals surface area contributed by atoms with Gasteiger partial charge in [-0.25, -0.2) is 0 Å². The third-order valence-corrected chi connectivity index (χ3v) is 3.75. The molecule has 0 aliphatic rings. The Labute approximate surface area is 119 Å². The number of benzene rings is 1. The standard InChI is InChI=1S/C13H12BrClO3/c1-16-10-4-3-8(7-11(10)17-2)12(15)9-5-6-18-13(9)14/h3-7,12H,1-2H3. The van der Waals surface area contributed by atoms with Gasteiger partial charge in [-0.3, -0.25) is 0 Å². The molecule has 1 unspecified atom stereocenters. The molecule has 0 saturated carbocycles. The van der Waals surface area contributed by atoms with Crippen LogP contribution in [0.3, 0.4) is 0 Å². The van der Waals surface area contributed by atoms with Crippen molar-refractivity contribution < 1.29 is 13.9 Å². The van der Waals surface area contributed by atoms with Gasteiger partial charge in [0.25, 0.3) is 0 Å². The van der Waals surface area contributed by atoms with Crippen LogP contribution in [0.5, 0.6) is 11.5 Å². The molecule has 0 N–H and O–H groups in total. The fourth-order valence-corrected chi connectivity index (χ4v) is 2.58. The molecular weight excluding hydrogens is 319 g/mol. The van der Waals surface area contributed by atoms with Gasteiger partial charge in [-0.15, -0.1) is 11.6 Å².